The van der Waals surface area contributed by atoms with E-state index in [9.17, 15) is 4.39 Å². The number of halogens is 1. The number of nitrogens with zero attached hydrogens (tertiary/aromatic N) is 2. The molecule has 1 saturated carbocycles. The van der Waals surface area contributed by atoms with Crippen molar-refractivity contribution >= 4 is 0 Å². The fourth-order valence-corrected chi connectivity index (χ4v) is 3.16. The number of hydrogen-bond acceptors (Lipinski definition) is 2. The van der Waals surface area contributed by atoms with Gasteiger partial charge >= 0.3 is 0 Å². The van der Waals surface area contributed by atoms with E-state index in [2.05, 4.69) is 5.10 Å². The van der Waals surface area contributed by atoms with Crippen molar-refractivity contribution in [3.05, 3.63) is 42.0 Å². The highest BCUT2D eigenvalue weighted by Crippen LogP contribution is 2.27. The van der Waals surface area contributed by atoms with Crippen LogP contribution >= 0.6 is 0 Å². The first-order valence-corrected chi connectivity index (χ1v) is 7.69. The molecular weight excluding hydrogens is 267 g/mol. The standard InChI is InChI=1S/C17H21FN2O/c18-17-14(12-21)7-4-8-16(17)15-9-19-20(11-15)10-13-5-2-1-3-6-13/h4,7-9,11,13,21H,1-3,5-6,10,12H2. The molecule has 2 aromatic rings. The molecule has 1 aliphatic rings. The van der Waals surface area contributed by atoms with Gasteiger partial charge in [-0.15, -0.1) is 0 Å². The van der Waals surface area contributed by atoms with Crippen molar-refractivity contribution in [3.8, 4) is 11.1 Å². The van der Waals surface area contributed by atoms with Crippen LogP contribution in [0, 0.1) is 11.7 Å². The van der Waals surface area contributed by atoms with Crippen LogP contribution in [0.15, 0.2) is 30.6 Å². The first-order valence-electron chi connectivity index (χ1n) is 7.69. The fourth-order valence-electron chi connectivity index (χ4n) is 3.16. The average Bonchev–Trinajstić information content (AvgIpc) is 2.97. The fraction of sp³-hybridized carbons (Fsp3) is 0.471. The molecule has 0 bridgehead atoms. The second-order valence-electron chi connectivity index (χ2n) is 5.89. The van der Waals surface area contributed by atoms with Gasteiger partial charge in [-0.25, -0.2) is 4.39 Å². The summed E-state index contributed by atoms with van der Waals surface area (Å²) < 4.78 is 16.2. The third-order valence-corrected chi connectivity index (χ3v) is 4.36. The molecule has 1 fully saturated rings. The topological polar surface area (TPSA) is 38.1 Å². The molecule has 0 atom stereocenters. The number of rotatable bonds is 4. The van der Waals surface area contributed by atoms with Gasteiger partial charge in [0.05, 0.1) is 12.8 Å². The van der Waals surface area contributed by atoms with Crippen LogP contribution in [-0.2, 0) is 13.2 Å². The predicted octanol–water partition coefficient (Wildman–Crippen LogP) is 3.76. The van der Waals surface area contributed by atoms with Gasteiger partial charge in [0.15, 0.2) is 0 Å². The van der Waals surface area contributed by atoms with Gasteiger partial charge in [0.1, 0.15) is 5.82 Å². The summed E-state index contributed by atoms with van der Waals surface area (Å²) in [5.41, 5.74) is 1.61. The Bertz CT molecular complexity index is 603. The number of aliphatic hydroxyl groups is 1. The molecule has 0 aliphatic heterocycles. The molecule has 0 saturated heterocycles. The Balaban J connectivity index is 1.78. The molecule has 1 N–H and O–H groups in total. The Kier molecular flexibility index (Phi) is 4.34. The van der Waals surface area contributed by atoms with Crippen molar-refractivity contribution in [3.63, 3.8) is 0 Å². The summed E-state index contributed by atoms with van der Waals surface area (Å²) in [4.78, 5) is 0. The largest absolute Gasteiger partial charge is 0.392 e. The quantitative estimate of drug-likeness (QED) is 0.930. The highest BCUT2D eigenvalue weighted by Gasteiger charge is 2.15. The highest BCUT2D eigenvalue weighted by atomic mass is 19.1. The number of aliphatic hydroxyl groups excluding tert-OH is 1. The molecule has 0 unspecified atom stereocenters. The van der Waals surface area contributed by atoms with Gasteiger partial charge in [-0.1, -0.05) is 37.5 Å². The number of hydrogen-bond donors (Lipinski definition) is 1. The van der Waals surface area contributed by atoms with Crippen LogP contribution in [0.2, 0.25) is 0 Å². The lowest BCUT2D eigenvalue weighted by Gasteiger charge is -2.21. The SMILES string of the molecule is OCc1cccc(-c2cnn(CC3CCCCC3)c2)c1F. The summed E-state index contributed by atoms with van der Waals surface area (Å²) in [7, 11) is 0. The van der Waals surface area contributed by atoms with E-state index < -0.39 is 0 Å². The van der Waals surface area contributed by atoms with Gasteiger partial charge in [-0.05, 0) is 18.8 Å². The molecule has 1 aromatic carbocycles. The summed E-state index contributed by atoms with van der Waals surface area (Å²) in [6.45, 7) is 0.636. The first kappa shape index (κ1) is 14.3. The Morgan fingerprint density at radius 3 is 2.81 bits per heavy atom. The Labute approximate surface area is 124 Å². The zero-order valence-corrected chi connectivity index (χ0v) is 12.1. The maximum Gasteiger partial charge on any atom is 0.136 e. The lowest BCUT2D eigenvalue weighted by molar-refractivity contribution is 0.276. The van der Waals surface area contributed by atoms with Gasteiger partial charge in [0.25, 0.3) is 0 Å². The second kappa shape index (κ2) is 6.39. The van der Waals surface area contributed by atoms with E-state index >= 15 is 0 Å². The van der Waals surface area contributed by atoms with Crippen molar-refractivity contribution in [1.29, 1.82) is 0 Å². The predicted molar refractivity (Wildman–Crippen MR) is 80.1 cm³/mol. The molecule has 0 radical (unpaired) electrons. The molecule has 1 aromatic heterocycles. The maximum atomic E-state index is 14.2. The molecule has 112 valence electrons. The van der Waals surface area contributed by atoms with E-state index in [1.54, 1.807) is 24.4 Å². The van der Waals surface area contributed by atoms with Gasteiger partial charge in [-0.2, -0.15) is 5.10 Å². The van der Waals surface area contributed by atoms with Gasteiger partial charge < -0.3 is 5.11 Å². The van der Waals surface area contributed by atoms with E-state index in [1.807, 2.05) is 10.9 Å². The summed E-state index contributed by atoms with van der Waals surface area (Å²) in [5, 5.41) is 13.5. The second-order valence-corrected chi connectivity index (χ2v) is 5.89. The molecule has 4 heteroatoms. The van der Waals surface area contributed by atoms with Crippen LogP contribution < -0.4 is 0 Å². The van der Waals surface area contributed by atoms with Gasteiger partial charge in [0.2, 0.25) is 0 Å². The lowest BCUT2D eigenvalue weighted by Crippen LogP contribution is -2.14. The number of benzene rings is 1. The van der Waals surface area contributed by atoms with E-state index in [-0.39, 0.29) is 12.4 Å². The summed E-state index contributed by atoms with van der Waals surface area (Å²) in [6.07, 6.45) is 10.1. The molecular formula is C17H21FN2O. The van der Waals surface area contributed by atoms with Crippen LogP contribution in [0.1, 0.15) is 37.7 Å². The molecule has 3 nitrogen and oxygen atoms in total. The average molecular weight is 288 g/mol. The van der Waals surface area contributed by atoms with Crippen molar-refractivity contribution in [2.75, 3.05) is 0 Å². The first-order chi connectivity index (χ1) is 10.3. The van der Waals surface area contributed by atoms with Crippen LogP contribution in [0.4, 0.5) is 4.39 Å². The third kappa shape index (κ3) is 3.16. The maximum absolute atomic E-state index is 14.2. The summed E-state index contributed by atoms with van der Waals surface area (Å²) >= 11 is 0. The summed E-state index contributed by atoms with van der Waals surface area (Å²) in [6, 6.07) is 5.10. The smallest absolute Gasteiger partial charge is 0.136 e. The minimum Gasteiger partial charge on any atom is -0.392 e. The van der Waals surface area contributed by atoms with Gasteiger partial charge in [-0.3, -0.25) is 4.68 Å². The van der Waals surface area contributed by atoms with E-state index in [0.29, 0.717) is 17.0 Å². The number of aromatic nitrogens is 2. The molecule has 1 aliphatic carbocycles. The molecule has 3 rings (SSSR count). The van der Waals surface area contributed by atoms with Crippen LogP contribution in [0.5, 0.6) is 0 Å². The lowest BCUT2D eigenvalue weighted by atomic mass is 9.89. The van der Waals surface area contributed by atoms with E-state index in [4.69, 9.17) is 5.11 Å². The summed E-state index contributed by atoms with van der Waals surface area (Å²) in [5.74, 6) is 0.345. The van der Waals surface area contributed by atoms with E-state index in [0.717, 1.165) is 12.1 Å². The molecule has 0 spiro atoms. The third-order valence-electron chi connectivity index (χ3n) is 4.36. The van der Waals surface area contributed by atoms with Crippen molar-refractivity contribution in [2.24, 2.45) is 5.92 Å². The normalized spacial score (nSPS) is 16.3. The monoisotopic (exact) mass is 288 g/mol. The minimum absolute atomic E-state index is 0.282. The Morgan fingerprint density at radius 1 is 1.24 bits per heavy atom. The Hall–Kier alpha value is -1.68. The zero-order chi connectivity index (χ0) is 14.7. The molecule has 0 amide bonds. The van der Waals surface area contributed by atoms with Crippen molar-refractivity contribution in [1.82, 2.24) is 9.78 Å². The molecule has 21 heavy (non-hydrogen) atoms. The van der Waals surface area contributed by atoms with Crippen LogP contribution in [0.25, 0.3) is 11.1 Å². The molecule has 1 heterocycles. The van der Waals surface area contributed by atoms with Crippen molar-refractivity contribution < 1.29 is 9.50 Å². The van der Waals surface area contributed by atoms with Crippen molar-refractivity contribution in [2.45, 2.75) is 45.3 Å². The Morgan fingerprint density at radius 2 is 2.05 bits per heavy atom. The van der Waals surface area contributed by atoms with Crippen LogP contribution in [-0.4, -0.2) is 14.9 Å². The van der Waals surface area contributed by atoms with E-state index in [1.165, 1.54) is 32.1 Å². The zero-order valence-electron chi connectivity index (χ0n) is 12.1. The van der Waals surface area contributed by atoms with Gasteiger partial charge in [0, 0.05) is 29.4 Å². The van der Waals surface area contributed by atoms with Crippen LogP contribution in [0.3, 0.4) is 0 Å². The minimum atomic E-state index is -0.350. The highest BCUT2D eigenvalue weighted by molar-refractivity contribution is 5.63.